The maximum atomic E-state index is 5.81. The number of methoxy groups -OCH3 is 1. The maximum Gasteiger partial charge on any atom is 0.191 e. The van der Waals surface area contributed by atoms with Gasteiger partial charge >= 0.3 is 0 Å². The van der Waals surface area contributed by atoms with Crippen LogP contribution in [0.15, 0.2) is 53.8 Å². The number of pyridine rings is 1. The Morgan fingerprint density at radius 3 is 2.71 bits per heavy atom. The summed E-state index contributed by atoms with van der Waals surface area (Å²) in [4.78, 5) is 4.38. The highest BCUT2D eigenvalue weighted by Crippen LogP contribution is 2.26. The molecule has 0 unspecified atom stereocenters. The van der Waals surface area contributed by atoms with E-state index >= 15 is 0 Å². The third kappa shape index (κ3) is 3.74. The number of benzene rings is 1. The van der Waals surface area contributed by atoms with Crippen molar-refractivity contribution in [3.63, 3.8) is 0 Å². The summed E-state index contributed by atoms with van der Waals surface area (Å²) in [6, 6.07) is 14.0. The summed E-state index contributed by atoms with van der Waals surface area (Å²) in [5, 5.41) is 9.31. The molecule has 0 saturated heterocycles. The van der Waals surface area contributed by atoms with E-state index in [1.165, 1.54) is 5.56 Å². The highest BCUT2D eigenvalue weighted by Gasteiger charge is 2.13. The van der Waals surface area contributed by atoms with Crippen molar-refractivity contribution in [1.29, 1.82) is 0 Å². The van der Waals surface area contributed by atoms with Crippen LogP contribution in [0.25, 0.3) is 0 Å². The fourth-order valence-electron chi connectivity index (χ4n) is 2.35. The summed E-state index contributed by atoms with van der Waals surface area (Å²) in [6.07, 6.45) is 1.76. The van der Waals surface area contributed by atoms with Crippen LogP contribution in [-0.4, -0.2) is 26.9 Å². The Kier molecular flexibility index (Phi) is 5.45. The summed E-state index contributed by atoms with van der Waals surface area (Å²) in [5.41, 5.74) is 7.87. The minimum absolute atomic E-state index is 0.354. The van der Waals surface area contributed by atoms with Crippen LogP contribution in [-0.2, 0) is 18.8 Å². The molecule has 0 aliphatic carbocycles. The van der Waals surface area contributed by atoms with Gasteiger partial charge in [-0.3, -0.25) is 4.98 Å². The minimum Gasteiger partial charge on any atom is -0.495 e. The van der Waals surface area contributed by atoms with Crippen molar-refractivity contribution in [2.45, 2.75) is 24.0 Å². The smallest absolute Gasteiger partial charge is 0.191 e. The molecule has 0 amide bonds. The first-order valence-electron chi connectivity index (χ1n) is 7.58. The third-order valence-electron chi connectivity index (χ3n) is 3.57. The number of rotatable bonds is 7. The lowest BCUT2D eigenvalue weighted by Gasteiger charge is -2.10. The van der Waals surface area contributed by atoms with E-state index < -0.39 is 0 Å². The largest absolute Gasteiger partial charge is 0.495 e. The fraction of sp³-hybridized carbons (Fsp3) is 0.235. The molecular weight excluding hydrogens is 322 g/mol. The number of nitrogens with two attached hydrogens (primary N) is 1. The van der Waals surface area contributed by atoms with E-state index in [4.69, 9.17) is 10.5 Å². The second-order valence-corrected chi connectivity index (χ2v) is 6.06. The Bertz CT molecular complexity index is 791. The molecule has 0 aliphatic rings. The van der Waals surface area contributed by atoms with Gasteiger partial charge in [-0.1, -0.05) is 42.1 Å². The van der Waals surface area contributed by atoms with Crippen LogP contribution < -0.4 is 10.5 Å². The molecule has 2 aromatic heterocycles. The van der Waals surface area contributed by atoms with Crippen molar-refractivity contribution in [2.75, 3.05) is 7.11 Å². The molecule has 0 radical (unpaired) electrons. The molecule has 0 fully saturated rings. The molecule has 7 heteroatoms. The second-order valence-electron chi connectivity index (χ2n) is 5.12. The van der Waals surface area contributed by atoms with E-state index in [0.29, 0.717) is 18.8 Å². The van der Waals surface area contributed by atoms with Gasteiger partial charge in [-0.2, -0.15) is 0 Å². The Morgan fingerprint density at radius 2 is 1.96 bits per heavy atom. The molecule has 0 atom stereocenters. The van der Waals surface area contributed by atoms with Gasteiger partial charge in [0, 0.05) is 11.9 Å². The van der Waals surface area contributed by atoms with Crippen molar-refractivity contribution >= 4 is 11.8 Å². The van der Waals surface area contributed by atoms with Crippen molar-refractivity contribution in [3.8, 4) is 5.75 Å². The van der Waals surface area contributed by atoms with Gasteiger partial charge < -0.3 is 15.0 Å². The molecule has 124 valence electrons. The van der Waals surface area contributed by atoms with Crippen LogP contribution >= 0.6 is 11.8 Å². The average molecular weight is 341 g/mol. The van der Waals surface area contributed by atoms with E-state index in [2.05, 4.69) is 31.9 Å². The summed E-state index contributed by atoms with van der Waals surface area (Å²) < 4.78 is 7.40. The first-order valence-corrected chi connectivity index (χ1v) is 8.57. The molecule has 1 aromatic carbocycles. The molecule has 0 spiro atoms. The third-order valence-corrected chi connectivity index (χ3v) is 4.54. The van der Waals surface area contributed by atoms with E-state index in [-0.39, 0.29) is 0 Å². The maximum absolute atomic E-state index is 5.81. The predicted octanol–water partition coefficient (Wildman–Crippen LogP) is 2.48. The Morgan fingerprint density at radius 1 is 1.12 bits per heavy atom. The summed E-state index contributed by atoms with van der Waals surface area (Å²) in [6.45, 7) is 1.05. The average Bonchev–Trinajstić information content (AvgIpc) is 3.02. The van der Waals surface area contributed by atoms with Crippen LogP contribution in [0, 0.1) is 0 Å². The summed E-state index contributed by atoms with van der Waals surface area (Å²) in [5.74, 6) is 2.20. The molecule has 24 heavy (non-hydrogen) atoms. The number of nitrogens with zero attached hydrogens (tertiary/aromatic N) is 4. The van der Waals surface area contributed by atoms with Gasteiger partial charge in [-0.05, 0) is 17.7 Å². The Labute approximate surface area is 145 Å². The first-order chi connectivity index (χ1) is 11.8. The Balaban J connectivity index is 1.79. The lowest BCUT2D eigenvalue weighted by Crippen LogP contribution is -2.10. The number of ether oxygens (including phenoxy) is 1. The van der Waals surface area contributed by atoms with Crippen molar-refractivity contribution in [3.05, 3.63) is 65.7 Å². The zero-order valence-corrected chi connectivity index (χ0v) is 14.2. The summed E-state index contributed by atoms with van der Waals surface area (Å²) >= 11 is 1.58. The number of hydrogen-bond donors (Lipinski definition) is 1. The highest BCUT2D eigenvalue weighted by molar-refractivity contribution is 7.98. The topological polar surface area (TPSA) is 78.8 Å². The second kappa shape index (κ2) is 7.94. The van der Waals surface area contributed by atoms with Crippen LogP contribution in [0.5, 0.6) is 5.75 Å². The molecule has 3 rings (SSSR count). The van der Waals surface area contributed by atoms with Gasteiger partial charge in [0.1, 0.15) is 11.6 Å². The lowest BCUT2D eigenvalue weighted by molar-refractivity contribution is 0.409. The van der Waals surface area contributed by atoms with Crippen molar-refractivity contribution in [2.24, 2.45) is 5.73 Å². The number of thioether (sulfide) groups is 1. The quantitative estimate of drug-likeness (QED) is 0.665. The SMILES string of the molecule is COc1cccnc1CSc1nnc(CN)n1Cc1ccccc1. The predicted molar refractivity (Wildman–Crippen MR) is 93.8 cm³/mol. The molecule has 0 aliphatic heterocycles. The zero-order valence-electron chi connectivity index (χ0n) is 13.4. The van der Waals surface area contributed by atoms with Gasteiger partial charge in [0.2, 0.25) is 0 Å². The highest BCUT2D eigenvalue weighted by atomic mass is 32.2. The molecule has 3 aromatic rings. The van der Waals surface area contributed by atoms with E-state index in [1.54, 1.807) is 25.1 Å². The molecule has 2 N–H and O–H groups in total. The monoisotopic (exact) mass is 341 g/mol. The fourth-order valence-corrected chi connectivity index (χ4v) is 3.26. The lowest BCUT2D eigenvalue weighted by atomic mass is 10.2. The molecule has 6 nitrogen and oxygen atoms in total. The van der Waals surface area contributed by atoms with Crippen molar-refractivity contribution < 1.29 is 4.74 Å². The number of hydrogen-bond acceptors (Lipinski definition) is 6. The van der Waals surface area contributed by atoms with Gasteiger partial charge in [-0.15, -0.1) is 10.2 Å². The van der Waals surface area contributed by atoms with Crippen molar-refractivity contribution in [1.82, 2.24) is 19.7 Å². The number of aromatic nitrogens is 4. The van der Waals surface area contributed by atoms with Crippen LogP contribution in [0.3, 0.4) is 0 Å². The van der Waals surface area contributed by atoms with Gasteiger partial charge in [0.25, 0.3) is 0 Å². The van der Waals surface area contributed by atoms with E-state index in [9.17, 15) is 0 Å². The minimum atomic E-state index is 0.354. The molecule has 0 bridgehead atoms. The van der Waals surface area contributed by atoms with Crippen LogP contribution in [0.2, 0.25) is 0 Å². The summed E-state index contributed by atoms with van der Waals surface area (Å²) in [7, 11) is 1.65. The van der Waals surface area contributed by atoms with E-state index in [1.807, 2.05) is 30.3 Å². The van der Waals surface area contributed by atoms with Crippen LogP contribution in [0.4, 0.5) is 0 Å². The normalized spacial score (nSPS) is 10.8. The Hall–Kier alpha value is -2.38. The van der Waals surface area contributed by atoms with Gasteiger partial charge in [0.05, 0.1) is 25.9 Å². The van der Waals surface area contributed by atoms with Gasteiger partial charge in [-0.25, -0.2) is 0 Å². The standard InChI is InChI=1S/C17H19N5OS/c1-23-15-8-5-9-19-14(15)12-24-17-21-20-16(10-18)22(17)11-13-6-3-2-4-7-13/h2-9H,10-12,18H2,1H3. The molecular formula is C17H19N5OS. The molecule has 0 saturated carbocycles. The first kappa shape index (κ1) is 16.5. The van der Waals surface area contributed by atoms with Crippen LogP contribution in [0.1, 0.15) is 17.1 Å². The zero-order chi connectivity index (χ0) is 16.8. The molecule has 2 heterocycles. The van der Waals surface area contributed by atoms with Gasteiger partial charge in [0.15, 0.2) is 5.16 Å². The van der Waals surface area contributed by atoms with E-state index in [0.717, 1.165) is 22.4 Å².